The molecule has 29 heavy (non-hydrogen) atoms. The summed E-state index contributed by atoms with van der Waals surface area (Å²) in [6.45, 7) is 0.876. The molecule has 0 radical (unpaired) electrons. The first kappa shape index (κ1) is 17.7. The summed E-state index contributed by atoms with van der Waals surface area (Å²) in [5, 5.41) is 0. The molecule has 4 fully saturated rings. The molecule has 7 heteroatoms. The molecule has 6 rings (SSSR count). The molecule has 3 aliphatic heterocycles. The van der Waals surface area contributed by atoms with Crippen LogP contribution in [0.4, 0.5) is 4.79 Å². The van der Waals surface area contributed by atoms with E-state index in [0.717, 1.165) is 36.1 Å². The van der Waals surface area contributed by atoms with Gasteiger partial charge in [0.1, 0.15) is 11.3 Å². The van der Waals surface area contributed by atoms with Crippen LogP contribution in [-0.2, 0) is 16.1 Å². The fourth-order valence-corrected chi connectivity index (χ4v) is 4.74. The third kappa shape index (κ3) is 2.76. The molecular formula is C22H21N3O4. The van der Waals surface area contributed by atoms with Gasteiger partial charge in [0.25, 0.3) is 11.8 Å². The Labute approximate surface area is 168 Å². The highest BCUT2D eigenvalue weighted by molar-refractivity contribution is 6.08. The minimum atomic E-state index is -0.528. The lowest BCUT2D eigenvalue weighted by Gasteiger charge is -2.34. The van der Waals surface area contributed by atoms with E-state index in [-0.39, 0.29) is 18.5 Å². The van der Waals surface area contributed by atoms with Gasteiger partial charge in [-0.1, -0.05) is 36.4 Å². The van der Waals surface area contributed by atoms with Crippen LogP contribution in [0, 0.1) is 5.92 Å². The Kier molecular flexibility index (Phi) is 3.87. The third-order valence-corrected chi connectivity index (χ3v) is 6.18. The summed E-state index contributed by atoms with van der Waals surface area (Å²) in [5.41, 5.74) is 7.47. The lowest BCUT2D eigenvalue weighted by atomic mass is 9.73. The minimum Gasteiger partial charge on any atom is -0.484 e. The van der Waals surface area contributed by atoms with E-state index in [2.05, 4.69) is 0 Å². The second-order valence-electron chi connectivity index (χ2n) is 8.07. The number of ether oxygens (including phenoxy) is 1. The molecule has 1 aliphatic carbocycles. The van der Waals surface area contributed by atoms with Crippen LogP contribution in [0.5, 0.6) is 5.75 Å². The summed E-state index contributed by atoms with van der Waals surface area (Å²) in [6.07, 6.45) is 1.65. The number of amides is 4. The van der Waals surface area contributed by atoms with E-state index in [1.807, 2.05) is 36.4 Å². The summed E-state index contributed by atoms with van der Waals surface area (Å²) in [7, 11) is 0. The molecule has 4 aliphatic rings. The van der Waals surface area contributed by atoms with Gasteiger partial charge in [-0.15, -0.1) is 0 Å². The molecule has 3 heterocycles. The highest BCUT2D eigenvalue weighted by Crippen LogP contribution is 2.55. The lowest BCUT2D eigenvalue weighted by Crippen LogP contribution is -2.48. The van der Waals surface area contributed by atoms with Crippen LogP contribution in [0.15, 0.2) is 48.5 Å². The maximum atomic E-state index is 12.8. The molecule has 0 unspecified atom stereocenters. The number of hydrogen-bond acceptors (Lipinski definition) is 4. The average molecular weight is 391 g/mol. The van der Waals surface area contributed by atoms with E-state index in [9.17, 15) is 14.4 Å². The first-order chi connectivity index (χ1) is 14.0. The van der Waals surface area contributed by atoms with Crippen LogP contribution in [0.3, 0.4) is 0 Å². The molecule has 1 saturated carbocycles. The number of nitrogens with two attached hydrogens (primary N) is 1. The molecule has 2 N–H and O–H groups in total. The highest BCUT2D eigenvalue weighted by atomic mass is 16.5. The SMILES string of the molecule is NC(=O)COc1ccc(-c2ccc(CN3C(=O)N4CC5CC4(C5)C3=O)cc2)cc1. The highest BCUT2D eigenvalue weighted by Gasteiger charge is 2.68. The van der Waals surface area contributed by atoms with Gasteiger partial charge in [0.05, 0.1) is 6.54 Å². The zero-order valence-corrected chi connectivity index (χ0v) is 15.8. The monoisotopic (exact) mass is 391 g/mol. The number of hydrogen-bond donors (Lipinski definition) is 1. The lowest BCUT2D eigenvalue weighted by molar-refractivity contribution is -0.135. The van der Waals surface area contributed by atoms with E-state index in [0.29, 0.717) is 18.2 Å². The van der Waals surface area contributed by atoms with Gasteiger partial charge in [0.15, 0.2) is 6.61 Å². The summed E-state index contributed by atoms with van der Waals surface area (Å²) >= 11 is 0. The standard InChI is InChI=1S/C22H21N3O4/c23-19(26)13-29-18-7-5-17(6-8-18)16-3-1-14(2-4-16)11-24-20(27)22-9-15(10-22)12-25(22)21(24)28/h1-8,15H,9-13H2,(H2,23,26). The van der Waals surface area contributed by atoms with Crippen molar-refractivity contribution in [3.8, 4) is 16.9 Å². The first-order valence-corrected chi connectivity index (χ1v) is 9.70. The smallest absolute Gasteiger partial charge is 0.327 e. The van der Waals surface area contributed by atoms with Crippen LogP contribution < -0.4 is 10.5 Å². The van der Waals surface area contributed by atoms with Gasteiger partial charge in [-0.3, -0.25) is 14.5 Å². The second-order valence-corrected chi connectivity index (χ2v) is 8.07. The fourth-order valence-electron chi connectivity index (χ4n) is 4.74. The maximum Gasteiger partial charge on any atom is 0.327 e. The Morgan fingerprint density at radius 1 is 1.03 bits per heavy atom. The van der Waals surface area contributed by atoms with Crippen molar-refractivity contribution in [2.24, 2.45) is 11.7 Å². The van der Waals surface area contributed by atoms with Crippen LogP contribution in [-0.4, -0.2) is 46.3 Å². The minimum absolute atomic E-state index is 0.0353. The van der Waals surface area contributed by atoms with Gasteiger partial charge in [-0.25, -0.2) is 4.79 Å². The van der Waals surface area contributed by atoms with Gasteiger partial charge < -0.3 is 15.4 Å². The number of primary amides is 1. The van der Waals surface area contributed by atoms with Crippen LogP contribution >= 0.6 is 0 Å². The number of carbonyl (C=O) groups excluding carboxylic acids is 3. The van der Waals surface area contributed by atoms with E-state index in [4.69, 9.17) is 10.5 Å². The summed E-state index contributed by atoms with van der Waals surface area (Å²) < 4.78 is 5.27. The van der Waals surface area contributed by atoms with Gasteiger partial charge in [0, 0.05) is 6.54 Å². The molecular weight excluding hydrogens is 370 g/mol. The zero-order chi connectivity index (χ0) is 20.2. The summed E-state index contributed by atoms with van der Waals surface area (Å²) in [4.78, 5) is 39.4. The van der Waals surface area contributed by atoms with Crippen molar-refractivity contribution >= 4 is 17.8 Å². The van der Waals surface area contributed by atoms with Gasteiger partial charge in [0.2, 0.25) is 0 Å². The second kappa shape index (κ2) is 6.34. The molecule has 0 atom stereocenters. The zero-order valence-electron chi connectivity index (χ0n) is 15.8. The summed E-state index contributed by atoms with van der Waals surface area (Å²) in [5.74, 6) is 0.536. The van der Waals surface area contributed by atoms with Crippen molar-refractivity contribution in [3.05, 3.63) is 54.1 Å². The maximum absolute atomic E-state index is 12.8. The van der Waals surface area contributed by atoms with E-state index in [1.165, 1.54) is 4.90 Å². The topological polar surface area (TPSA) is 92.9 Å². The molecule has 3 saturated heterocycles. The molecule has 148 valence electrons. The third-order valence-electron chi connectivity index (χ3n) is 6.18. The Bertz CT molecular complexity index is 991. The Morgan fingerprint density at radius 2 is 1.66 bits per heavy atom. The van der Waals surface area contributed by atoms with Crippen molar-refractivity contribution in [2.45, 2.75) is 24.9 Å². The molecule has 7 nitrogen and oxygen atoms in total. The molecule has 1 spiro atoms. The summed E-state index contributed by atoms with van der Waals surface area (Å²) in [6, 6.07) is 15.1. The van der Waals surface area contributed by atoms with E-state index < -0.39 is 11.4 Å². The number of carbonyl (C=O) groups is 3. The van der Waals surface area contributed by atoms with E-state index >= 15 is 0 Å². The number of urea groups is 1. The van der Waals surface area contributed by atoms with Crippen molar-refractivity contribution in [3.63, 3.8) is 0 Å². The molecule has 2 bridgehead atoms. The Hall–Kier alpha value is -3.35. The van der Waals surface area contributed by atoms with E-state index in [1.54, 1.807) is 17.0 Å². The normalized spacial score (nSPS) is 24.5. The van der Waals surface area contributed by atoms with Crippen LogP contribution in [0.2, 0.25) is 0 Å². The number of benzene rings is 2. The Balaban J connectivity index is 1.27. The van der Waals surface area contributed by atoms with Crippen molar-refractivity contribution in [2.75, 3.05) is 13.2 Å². The predicted octanol–water partition coefficient (Wildman–Crippen LogP) is 2.14. The molecule has 2 aromatic rings. The van der Waals surface area contributed by atoms with Crippen molar-refractivity contribution < 1.29 is 19.1 Å². The number of rotatable bonds is 6. The fraction of sp³-hybridized carbons (Fsp3) is 0.318. The molecule has 2 aromatic carbocycles. The largest absolute Gasteiger partial charge is 0.484 e. The van der Waals surface area contributed by atoms with Crippen molar-refractivity contribution in [1.29, 1.82) is 0 Å². The number of nitrogens with zero attached hydrogens (tertiary/aromatic N) is 2. The van der Waals surface area contributed by atoms with Crippen LogP contribution in [0.25, 0.3) is 11.1 Å². The van der Waals surface area contributed by atoms with Crippen molar-refractivity contribution in [1.82, 2.24) is 9.80 Å². The Morgan fingerprint density at radius 3 is 2.24 bits per heavy atom. The quantitative estimate of drug-likeness (QED) is 0.764. The number of imide groups is 1. The van der Waals surface area contributed by atoms with Crippen LogP contribution in [0.1, 0.15) is 18.4 Å². The molecule has 4 amide bonds. The average Bonchev–Trinajstić information content (AvgIpc) is 3.32. The van der Waals surface area contributed by atoms with Gasteiger partial charge >= 0.3 is 6.03 Å². The van der Waals surface area contributed by atoms with Gasteiger partial charge in [-0.2, -0.15) is 0 Å². The molecule has 0 aromatic heterocycles. The first-order valence-electron chi connectivity index (χ1n) is 9.70. The predicted molar refractivity (Wildman–Crippen MR) is 105 cm³/mol. The van der Waals surface area contributed by atoms with Gasteiger partial charge in [-0.05, 0) is 47.6 Å².